The van der Waals surface area contributed by atoms with Crippen molar-refractivity contribution in [1.29, 1.82) is 0 Å². The van der Waals surface area contributed by atoms with Crippen molar-refractivity contribution in [1.82, 2.24) is 0 Å². The van der Waals surface area contributed by atoms with Gasteiger partial charge in [0.15, 0.2) is 0 Å². The minimum Gasteiger partial charge on any atom is -0.495 e. The molecule has 0 aliphatic carbocycles. The fourth-order valence-electron chi connectivity index (χ4n) is 1.78. The number of anilines is 1. The van der Waals surface area contributed by atoms with Crippen LogP contribution in [0.1, 0.15) is 25.7 Å². The van der Waals surface area contributed by atoms with E-state index >= 15 is 0 Å². The molecule has 5 nitrogen and oxygen atoms in total. The third-order valence-corrected chi connectivity index (χ3v) is 3.15. The van der Waals surface area contributed by atoms with E-state index in [1.165, 1.54) is 14.2 Å². The van der Waals surface area contributed by atoms with Crippen LogP contribution >= 0.6 is 11.6 Å². The van der Waals surface area contributed by atoms with Crippen LogP contribution in [0, 0.1) is 0 Å². The summed E-state index contributed by atoms with van der Waals surface area (Å²) in [5, 5.41) is 3.22. The summed E-state index contributed by atoms with van der Waals surface area (Å²) < 4.78 is 10.3. The number of unbranched alkanes of at least 4 members (excludes halogenated alkanes) is 2. The summed E-state index contributed by atoms with van der Waals surface area (Å²) in [6.45, 7) is 0.656. The van der Waals surface area contributed by atoms with E-state index in [4.69, 9.17) is 26.8 Å². The van der Waals surface area contributed by atoms with Gasteiger partial charge < -0.3 is 20.5 Å². The van der Waals surface area contributed by atoms with Crippen molar-refractivity contribution < 1.29 is 14.3 Å². The maximum absolute atomic E-state index is 11.8. The van der Waals surface area contributed by atoms with E-state index in [0.717, 1.165) is 19.3 Å². The highest BCUT2D eigenvalue weighted by Crippen LogP contribution is 2.35. The van der Waals surface area contributed by atoms with Gasteiger partial charge in [-0.3, -0.25) is 4.79 Å². The van der Waals surface area contributed by atoms with Crippen molar-refractivity contribution in [2.75, 3.05) is 26.1 Å². The zero-order chi connectivity index (χ0) is 15.0. The number of ether oxygens (including phenoxy) is 2. The fourth-order valence-corrected chi connectivity index (χ4v) is 2.02. The first-order chi connectivity index (χ1) is 9.62. The van der Waals surface area contributed by atoms with Crippen LogP contribution < -0.4 is 20.5 Å². The molecule has 0 spiro atoms. The predicted molar refractivity (Wildman–Crippen MR) is 80.7 cm³/mol. The van der Waals surface area contributed by atoms with Crippen molar-refractivity contribution >= 4 is 23.2 Å². The van der Waals surface area contributed by atoms with Crippen LogP contribution in [0.4, 0.5) is 5.69 Å². The van der Waals surface area contributed by atoms with Gasteiger partial charge in [-0.05, 0) is 25.5 Å². The zero-order valence-corrected chi connectivity index (χ0v) is 12.6. The molecule has 1 amide bonds. The third-order valence-electron chi connectivity index (χ3n) is 2.86. The minimum absolute atomic E-state index is 0.0680. The lowest BCUT2D eigenvalue weighted by Gasteiger charge is -2.13. The van der Waals surface area contributed by atoms with Crippen LogP contribution in [-0.2, 0) is 4.79 Å². The summed E-state index contributed by atoms with van der Waals surface area (Å²) in [5.74, 6) is 0.951. The average Bonchev–Trinajstić information content (AvgIpc) is 2.44. The van der Waals surface area contributed by atoms with Gasteiger partial charge in [0, 0.05) is 12.5 Å². The van der Waals surface area contributed by atoms with Gasteiger partial charge in [-0.2, -0.15) is 0 Å². The molecule has 0 atom stereocenters. The third kappa shape index (κ3) is 4.90. The zero-order valence-electron chi connectivity index (χ0n) is 11.9. The summed E-state index contributed by atoms with van der Waals surface area (Å²) in [7, 11) is 3.05. The van der Waals surface area contributed by atoms with Gasteiger partial charge in [0.2, 0.25) is 5.91 Å². The Labute approximate surface area is 124 Å². The topological polar surface area (TPSA) is 73.6 Å². The fraction of sp³-hybridized carbons (Fsp3) is 0.500. The van der Waals surface area contributed by atoms with Gasteiger partial charge >= 0.3 is 0 Å². The first kappa shape index (κ1) is 16.6. The standard InChI is InChI=1S/C14H21ClN2O3/c1-19-12-9-13(20-2)11(8-10(12)15)17-14(18)6-4-3-5-7-16/h8-9H,3-7,16H2,1-2H3,(H,17,18). The number of nitrogens with one attached hydrogen (secondary N) is 1. The highest BCUT2D eigenvalue weighted by Gasteiger charge is 2.12. The van der Waals surface area contributed by atoms with Gasteiger partial charge in [-0.1, -0.05) is 18.0 Å². The lowest BCUT2D eigenvalue weighted by atomic mass is 10.2. The Morgan fingerprint density at radius 2 is 1.90 bits per heavy atom. The minimum atomic E-state index is -0.0680. The number of hydrogen-bond acceptors (Lipinski definition) is 4. The number of carbonyl (C=O) groups is 1. The molecular formula is C14H21ClN2O3. The molecule has 0 aliphatic rings. The normalized spacial score (nSPS) is 10.2. The highest BCUT2D eigenvalue weighted by molar-refractivity contribution is 6.32. The number of benzene rings is 1. The Balaban J connectivity index is 2.66. The Hall–Kier alpha value is -1.46. The van der Waals surface area contributed by atoms with Crippen LogP contribution in [-0.4, -0.2) is 26.7 Å². The molecule has 0 unspecified atom stereocenters. The van der Waals surface area contributed by atoms with E-state index in [0.29, 0.717) is 35.2 Å². The van der Waals surface area contributed by atoms with Crippen molar-refractivity contribution in [3.8, 4) is 11.5 Å². The van der Waals surface area contributed by atoms with Gasteiger partial charge in [0.05, 0.1) is 24.9 Å². The van der Waals surface area contributed by atoms with Crippen molar-refractivity contribution in [3.63, 3.8) is 0 Å². The molecule has 1 rings (SSSR count). The monoisotopic (exact) mass is 300 g/mol. The lowest BCUT2D eigenvalue weighted by Crippen LogP contribution is -2.12. The second kappa shape index (κ2) is 8.66. The van der Waals surface area contributed by atoms with Gasteiger partial charge in [-0.25, -0.2) is 0 Å². The summed E-state index contributed by atoms with van der Waals surface area (Å²) in [6, 6.07) is 3.27. The molecule has 20 heavy (non-hydrogen) atoms. The van der Waals surface area contributed by atoms with Gasteiger partial charge in [0.25, 0.3) is 0 Å². The van der Waals surface area contributed by atoms with Crippen LogP contribution in [0.2, 0.25) is 5.02 Å². The first-order valence-corrected chi connectivity index (χ1v) is 6.91. The Kier molecular flexibility index (Phi) is 7.18. The SMILES string of the molecule is COc1cc(OC)c(NC(=O)CCCCCN)cc1Cl. The number of methoxy groups -OCH3 is 2. The molecule has 1 aromatic carbocycles. The molecule has 0 bridgehead atoms. The predicted octanol–water partition coefficient (Wildman–Crippen LogP) is 2.81. The molecule has 0 radical (unpaired) electrons. The summed E-state index contributed by atoms with van der Waals surface area (Å²) in [4.78, 5) is 11.8. The van der Waals surface area contributed by atoms with Gasteiger partial charge in [0.1, 0.15) is 11.5 Å². The Morgan fingerprint density at radius 1 is 1.20 bits per heavy atom. The number of carbonyl (C=O) groups excluding carboxylic acids is 1. The number of hydrogen-bond donors (Lipinski definition) is 2. The van der Waals surface area contributed by atoms with E-state index in [2.05, 4.69) is 5.32 Å². The number of halogens is 1. The van der Waals surface area contributed by atoms with Crippen molar-refractivity contribution in [3.05, 3.63) is 17.2 Å². The van der Waals surface area contributed by atoms with Crippen LogP contribution in [0.5, 0.6) is 11.5 Å². The molecule has 6 heteroatoms. The van der Waals surface area contributed by atoms with E-state index in [-0.39, 0.29) is 5.91 Å². The summed E-state index contributed by atoms with van der Waals surface area (Å²) in [5.41, 5.74) is 5.95. The maximum atomic E-state index is 11.8. The Bertz CT molecular complexity index is 452. The number of rotatable bonds is 8. The van der Waals surface area contributed by atoms with Crippen LogP contribution in [0.3, 0.4) is 0 Å². The second-order valence-electron chi connectivity index (χ2n) is 4.33. The first-order valence-electron chi connectivity index (χ1n) is 6.53. The van der Waals surface area contributed by atoms with E-state index < -0.39 is 0 Å². The molecular weight excluding hydrogens is 280 g/mol. The molecule has 0 heterocycles. The average molecular weight is 301 g/mol. The molecule has 112 valence electrons. The van der Waals surface area contributed by atoms with Crippen molar-refractivity contribution in [2.45, 2.75) is 25.7 Å². The molecule has 0 fully saturated rings. The quantitative estimate of drug-likeness (QED) is 0.724. The van der Waals surface area contributed by atoms with E-state index in [1.54, 1.807) is 12.1 Å². The Morgan fingerprint density at radius 3 is 2.50 bits per heavy atom. The highest BCUT2D eigenvalue weighted by atomic mass is 35.5. The smallest absolute Gasteiger partial charge is 0.224 e. The van der Waals surface area contributed by atoms with Crippen LogP contribution in [0.25, 0.3) is 0 Å². The molecule has 1 aromatic rings. The number of amides is 1. The van der Waals surface area contributed by atoms with E-state index in [9.17, 15) is 4.79 Å². The molecule has 0 saturated heterocycles. The molecule has 0 aromatic heterocycles. The van der Waals surface area contributed by atoms with Crippen molar-refractivity contribution in [2.24, 2.45) is 5.73 Å². The number of nitrogens with two attached hydrogens (primary N) is 1. The van der Waals surface area contributed by atoms with E-state index in [1.807, 2.05) is 0 Å². The second-order valence-corrected chi connectivity index (χ2v) is 4.74. The molecule has 0 saturated carbocycles. The maximum Gasteiger partial charge on any atom is 0.224 e. The van der Waals surface area contributed by atoms with Crippen LogP contribution in [0.15, 0.2) is 12.1 Å². The van der Waals surface area contributed by atoms with Gasteiger partial charge in [-0.15, -0.1) is 0 Å². The summed E-state index contributed by atoms with van der Waals surface area (Å²) >= 11 is 6.04. The summed E-state index contributed by atoms with van der Waals surface area (Å²) in [6.07, 6.45) is 3.15. The largest absolute Gasteiger partial charge is 0.495 e. The lowest BCUT2D eigenvalue weighted by molar-refractivity contribution is -0.116. The molecule has 3 N–H and O–H groups in total. The molecule has 0 aliphatic heterocycles.